The Balaban J connectivity index is 1.87. The van der Waals surface area contributed by atoms with Crippen molar-refractivity contribution < 1.29 is 15.0 Å². The molecule has 0 atom stereocenters. The highest BCUT2D eigenvalue weighted by Crippen LogP contribution is 2.27. The van der Waals surface area contributed by atoms with Crippen LogP contribution in [-0.2, 0) is 6.54 Å². The topological polar surface area (TPSA) is 106 Å². The smallest absolute Gasteiger partial charge is 0.253 e. The molecule has 0 aliphatic heterocycles. The lowest BCUT2D eigenvalue weighted by atomic mass is 9.96. The van der Waals surface area contributed by atoms with E-state index >= 15 is 0 Å². The minimum absolute atomic E-state index is 0.0215. The zero-order valence-electron chi connectivity index (χ0n) is 13.8. The molecular weight excluding hydrogens is 330 g/mol. The molecule has 0 fully saturated rings. The van der Waals surface area contributed by atoms with E-state index in [9.17, 15) is 15.0 Å². The van der Waals surface area contributed by atoms with E-state index in [2.05, 4.69) is 10.3 Å². The summed E-state index contributed by atoms with van der Waals surface area (Å²) in [6.07, 6.45) is 3.04. The normalized spacial score (nSPS) is 10.3. The maximum atomic E-state index is 12.2. The zero-order chi connectivity index (χ0) is 18.5. The molecule has 2 aromatic carbocycles. The highest BCUT2D eigenvalue weighted by molar-refractivity contribution is 6.14. The van der Waals surface area contributed by atoms with Gasteiger partial charge in [0.05, 0.1) is 11.3 Å². The third-order valence-electron chi connectivity index (χ3n) is 3.92. The van der Waals surface area contributed by atoms with Crippen LogP contribution in [0.3, 0.4) is 0 Å². The van der Waals surface area contributed by atoms with Crippen molar-refractivity contribution >= 4 is 11.6 Å². The SMILES string of the molecule is N=C(c1ccccc1O)c1c(O)cccc1CNC(=O)c1cccnc1. The van der Waals surface area contributed by atoms with Gasteiger partial charge in [-0.15, -0.1) is 0 Å². The molecule has 0 unspecified atom stereocenters. The molecular formula is C20H17N3O3. The van der Waals surface area contributed by atoms with Crippen LogP contribution in [0.2, 0.25) is 0 Å². The molecule has 1 amide bonds. The van der Waals surface area contributed by atoms with E-state index in [-0.39, 0.29) is 35.2 Å². The maximum absolute atomic E-state index is 12.2. The average Bonchev–Trinajstić information content (AvgIpc) is 2.66. The van der Waals surface area contributed by atoms with Crippen molar-refractivity contribution in [2.45, 2.75) is 6.54 Å². The number of carbonyl (C=O) groups is 1. The second kappa shape index (κ2) is 7.48. The van der Waals surface area contributed by atoms with Crippen LogP contribution in [0.15, 0.2) is 67.0 Å². The number of rotatable bonds is 5. The Bertz CT molecular complexity index is 956. The minimum Gasteiger partial charge on any atom is -0.507 e. The van der Waals surface area contributed by atoms with Gasteiger partial charge in [-0.25, -0.2) is 0 Å². The number of para-hydroxylation sites is 1. The van der Waals surface area contributed by atoms with Crippen LogP contribution < -0.4 is 5.32 Å². The van der Waals surface area contributed by atoms with Gasteiger partial charge in [0.1, 0.15) is 11.5 Å². The van der Waals surface area contributed by atoms with Crippen LogP contribution in [0.5, 0.6) is 11.5 Å². The Labute approximate surface area is 150 Å². The van der Waals surface area contributed by atoms with Gasteiger partial charge in [-0.1, -0.05) is 24.3 Å². The highest BCUT2D eigenvalue weighted by Gasteiger charge is 2.17. The molecule has 0 radical (unpaired) electrons. The lowest BCUT2D eigenvalue weighted by molar-refractivity contribution is 0.0950. The Kier molecular flexibility index (Phi) is 4.94. The molecule has 0 bridgehead atoms. The molecule has 6 heteroatoms. The first kappa shape index (κ1) is 17.2. The fraction of sp³-hybridized carbons (Fsp3) is 0.0500. The zero-order valence-corrected chi connectivity index (χ0v) is 13.8. The van der Waals surface area contributed by atoms with Gasteiger partial charge in [0.2, 0.25) is 0 Å². The Morgan fingerprint density at radius 1 is 1.00 bits per heavy atom. The lowest BCUT2D eigenvalue weighted by Crippen LogP contribution is -2.24. The summed E-state index contributed by atoms with van der Waals surface area (Å²) in [7, 11) is 0. The number of nitrogens with zero attached hydrogens (tertiary/aromatic N) is 1. The summed E-state index contributed by atoms with van der Waals surface area (Å²) in [6, 6.07) is 14.6. The molecule has 0 spiro atoms. The van der Waals surface area contributed by atoms with Crippen molar-refractivity contribution in [3.8, 4) is 11.5 Å². The van der Waals surface area contributed by atoms with Gasteiger partial charge in [0.15, 0.2) is 0 Å². The average molecular weight is 347 g/mol. The van der Waals surface area contributed by atoms with Gasteiger partial charge in [0.25, 0.3) is 5.91 Å². The third-order valence-corrected chi connectivity index (χ3v) is 3.92. The van der Waals surface area contributed by atoms with Gasteiger partial charge in [0, 0.05) is 30.1 Å². The number of aromatic nitrogens is 1. The summed E-state index contributed by atoms with van der Waals surface area (Å²) in [5.74, 6) is -0.445. The monoisotopic (exact) mass is 347 g/mol. The van der Waals surface area contributed by atoms with E-state index in [0.717, 1.165) is 0 Å². The molecule has 0 aliphatic rings. The summed E-state index contributed by atoms with van der Waals surface area (Å²) >= 11 is 0. The van der Waals surface area contributed by atoms with Gasteiger partial charge < -0.3 is 15.5 Å². The molecule has 1 heterocycles. The van der Waals surface area contributed by atoms with E-state index in [1.165, 1.54) is 18.3 Å². The van der Waals surface area contributed by atoms with E-state index in [4.69, 9.17) is 5.41 Å². The van der Waals surface area contributed by atoms with E-state index < -0.39 is 0 Å². The number of phenolic OH excluding ortho intramolecular Hbond substituents is 2. The summed E-state index contributed by atoms with van der Waals surface area (Å²) in [5.41, 5.74) is 1.53. The van der Waals surface area contributed by atoms with Gasteiger partial charge >= 0.3 is 0 Å². The highest BCUT2D eigenvalue weighted by atomic mass is 16.3. The minimum atomic E-state index is -0.304. The summed E-state index contributed by atoms with van der Waals surface area (Å²) in [4.78, 5) is 16.1. The van der Waals surface area contributed by atoms with Gasteiger partial charge in [-0.05, 0) is 35.9 Å². The number of aromatic hydroxyl groups is 2. The summed E-state index contributed by atoms with van der Waals surface area (Å²) < 4.78 is 0. The predicted octanol–water partition coefficient (Wildman–Crippen LogP) is 2.84. The second-order valence-corrected chi connectivity index (χ2v) is 5.63. The number of hydrogen-bond donors (Lipinski definition) is 4. The number of phenols is 2. The van der Waals surface area contributed by atoms with E-state index in [0.29, 0.717) is 16.7 Å². The fourth-order valence-electron chi connectivity index (χ4n) is 2.62. The van der Waals surface area contributed by atoms with E-state index in [1.54, 1.807) is 48.7 Å². The quantitative estimate of drug-likeness (QED) is 0.532. The number of carbonyl (C=O) groups excluding carboxylic acids is 1. The Morgan fingerprint density at radius 2 is 1.77 bits per heavy atom. The molecule has 3 aromatic rings. The van der Waals surface area contributed by atoms with Crippen molar-refractivity contribution in [3.63, 3.8) is 0 Å². The molecule has 0 aliphatic carbocycles. The second-order valence-electron chi connectivity index (χ2n) is 5.63. The third kappa shape index (κ3) is 3.54. The fourth-order valence-corrected chi connectivity index (χ4v) is 2.62. The van der Waals surface area contributed by atoms with Crippen LogP contribution in [0.1, 0.15) is 27.0 Å². The standard InChI is InChI=1S/C20H17N3O3/c21-19(15-7-1-2-8-16(15)24)18-13(5-3-9-17(18)25)12-23-20(26)14-6-4-10-22-11-14/h1-11,21,24-25H,12H2,(H,23,26). The Hall–Kier alpha value is -3.67. The van der Waals surface area contributed by atoms with Crippen LogP contribution in [0.4, 0.5) is 0 Å². The first-order chi connectivity index (χ1) is 12.6. The molecule has 0 saturated heterocycles. The Morgan fingerprint density at radius 3 is 2.50 bits per heavy atom. The van der Waals surface area contributed by atoms with Crippen molar-refractivity contribution in [2.75, 3.05) is 0 Å². The number of hydrogen-bond acceptors (Lipinski definition) is 5. The van der Waals surface area contributed by atoms with Crippen LogP contribution in [-0.4, -0.2) is 26.8 Å². The van der Waals surface area contributed by atoms with Crippen molar-refractivity contribution in [1.29, 1.82) is 5.41 Å². The van der Waals surface area contributed by atoms with Crippen molar-refractivity contribution in [3.05, 3.63) is 89.2 Å². The van der Waals surface area contributed by atoms with Crippen molar-refractivity contribution in [1.82, 2.24) is 10.3 Å². The number of pyridine rings is 1. The number of benzene rings is 2. The summed E-state index contributed by atoms with van der Waals surface area (Å²) in [5, 5.41) is 31.4. The number of amides is 1. The van der Waals surface area contributed by atoms with Crippen LogP contribution in [0, 0.1) is 5.41 Å². The molecule has 6 nitrogen and oxygen atoms in total. The maximum Gasteiger partial charge on any atom is 0.253 e. The largest absolute Gasteiger partial charge is 0.507 e. The first-order valence-electron chi connectivity index (χ1n) is 7.94. The van der Waals surface area contributed by atoms with Crippen molar-refractivity contribution in [2.24, 2.45) is 0 Å². The number of nitrogens with one attached hydrogen (secondary N) is 2. The predicted molar refractivity (Wildman–Crippen MR) is 97.6 cm³/mol. The van der Waals surface area contributed by atoms with E-state index in [1.807, 2.05) is 0 Å². The molecule has 1 aromatic heterocycles. The molecule has 4 N–H and O–H groups in total. The summed E-state index contributed by atoms with van der Waals surface area (Å²) in [6.45, 7) is 0.118. The molecule has 26 heavy (non-hydrogen) atoms. The van der Waals surface area contributed by atoms with Gasteiger partial charge in [-0.3, -0.25) is 15.2 Å². The molecule has 0 saturated carbocycles. The molecule has 130 valence electrons. The lowest BCUT2D eigenvalue weighted by Gasteiger charge is -2.14. The van der Waals surface area contributed by atoms with Crippen LogP contribution in [0.25, 0.3) is 0 Å². The van der Waals surface area contributed by atoms with Gasteiger partial charge in [-0.2, -0.15) is 0 Å². The first-order valence-corrected chi connectivity index (χ1v) is 7.94. The van der Waals surface area contributed by atoms with Crippen LogP contribution >= 0.6 is 0 Å². The molecule has 3 rings (SSSR count).